The molecule has 0 aliphatic carbocycles. The summed E-state index contributed by atoms with van der Waals surface area (Å²) < 4.78 is 6.62. The number of benzene rings is 2. The van der Waals surface area contributed by atoms with Crippen LogP contribution in [0.5, 0.6) is 5.75 Å². The van der Waals surface area contributed by atoms with Gasteiger partial charge in [0.25, 0.3) is 0 Å². The van der Waals surface area contributed by atoms with Gasteiger partial charge in [0, 0.05) is 29.3 Å². The van der Waals surface area contributed by atoms with Crippen LogP contribution in [-0.2, 0) is 6.42 Å². The number of hydrogen-bond acceptors (Lipinski definition) is 4. The van der Waals surface area contributed by atoms with Crippen LogP contribution in [0, 0.1) is 5.92 Å². The van der Waals surface area contributed by atoms with E-state index in [9.17, 15) is 0 Å². The highest BCUT2D eigenvalue weighted by Crippen LogP contribution is 2.29. The number of rotatable bonds is 6. The number of likely N-dealkylation sites (tertiary alicyclic amines) is 1. The molecular weight excluding hydrogens is 438 g/mol. The SMILES string of the molecule is COc1ccc(Br)c(CC2CCN(CC3CCN(c4ccccc4)CN3C)CC2)c1. The van der Waals surface area contributed by atoms with Crippen LogP contribution in [0.25, 0.3) is 0 Å². The molecule has 2 saturated heterocycles. The van der Waals surface area contributed by atoms with Gasteiger partial charge in [0.15, 0.2) is 0 Å². The number of methoxy groups -OCH3 is 1. The van der Waals surface area contributed by atoms with E-state index >= 15 is 0 Å². The minimum absolute atomic E-state index is 0.661. The third-order valence-electron chi connectivity index (χ3n) is 6.81. The van der Waals surface area contributed by atoms with Crippen LogP contribution in [0.15, 0.2) is 53.0 Å². The summed E-state index contributed by atoms with van der Waals surface area (Å²) >= 11 is 3.72. The molecule has 0 N–H and O–H groups in total. The van der Waals surface area contributed by atoms with Crippen molar-refractivity contribution >= 4 is 21.6 Å². The van der Waals surface area contributed by atoms with Crippen molar-refractivity contribution in [1.82, 2.24) is 9.80 Å². The van der Waals surface area contributed by atoms with Crippen molar-refractivity contribution in [1.29, 1.82) is 0 Å². The number of ether oxygens (including phenoxy) is 1. The zero-order valence-electron chi connectivity index (χ0n) is 18.3. The van der Waals surface area contributed by atoms with E-state index in [-0.39, 0.29) is 0 Å². The lowest BCUT2D eigenvalue weighted by atomic mass is 9.90. The molecule has 0 saturated carbocycles. The average molecular weight is 472 g/mol. The maximum absolute atomic E-state index is 5.41. The molecule has 4 nitrogen and oxygen atoms in total. The van der Waals surface area contributed by atoms with Crippen molar-refractivity contribution in [2.24, 2.45) is 5.92 Å². The fourth-order valence-corrected chi connectivity index (χ4v) is 5.29. The Kier molecular flexibility index (Phi) is 7.34. The van der Waals surface area contributed by atoms with Crippen molar-refractivity contribution in [3.8, 4) is 5.75 Å². The molecular formula is C25H34BrN3O. The van der Waals surface area contributed by atoms with Gasteiger partial charge in [-0.15, -0.1) is 0 Å². The molecule has 0 aromatic heterocycles. The first-order chi connectivity index (χ1) is 14.6. The zero-order chi connectivity index (χ0) is 20.9. The summed E-state index contributed by atoms with van der Waals surface area (Å²) in [5.74, 6) is 1.72. The Morgan fingerprint density at radius 2 is 1.77 bits per heavy atom. The highest BCUT2D eigenvalue weighted by atomic mass is 79.9. The summed E-state index contributed by atoms with van der Waals surface area (Å²) in [6.07, 6.45) is 4.95. The molecule has 0 amide bonds. The molecule has 2 aromatic carbocycles. The summed E-state index contributed by atoms with van der Waals surface area (Å²) in [7, 11) is 4.03. The molecule has 5 heteroatoms. The molecule has 0 bridgehead atoms. The molecule has 2 heterocycles. The maximum atomic E-state index is 5.41. The highest BCUT2D eigenvalue weighted by Gasteiger charge is 2.28. The van der Waals surface area contributed by atoms with Crippen molar-refractivity contribution in [3.05, 3.63) is 58.6 Å². The quantitative estimate of drug-likeness (QED) is 0.597. The van der Waals surface area contributed by atoms with E-state index in [1.165, 1.54) is 54.6 Å². The fourth-order valence-electron chi connectivity index (χ4n) is 4.88. The van der Waals surface area contributed by atoms with Crippen molar-refractivity contribution in [2.75, 3.05) is 51.9 Å². The lowest BCUT2D eigenvalue weighted by Crippen LogP contribution is -2.53. The van der Waals surface area contributed by atoms with E-state index in [1.807, 2.05) is 6.07 Å². The van der Waals surface area contributed by atoms with E-state index in [2.05, 4.69) is 80.1 Å². The van der Waals surface area contributed by atoms with E-state index in [0.29, 0.717) is 6.04 Å². The lowest BCUT2D eigenvalue weighted by Gasteiger charge is -2.43. The predicted molar refractivity (Wildman–Crippen MR) is 128 cm³/mol. The van der Waals surface area contributed by atoms with Crippen LogP contribution >= 0.6 is 15.9 Å². The van der Waals surface area contributed by atoms with Crippen LogP contribution in [0.3, 0.4) is 0 Å². The number of anilines is 1. The van der Waals surface area contributed by atoms with E-state index in [0.717, 1.165) is 31.3 Å². The highest BCUT2D eigenvalue weighted by molar-refractivity contribution is 9.10. The first-order valence-electron chi connectivity index (χ1n) is 11.2. The van der Waals surface area contributed by atoms with Gasteiger partial charge in [-0.2, -0.15) is 0 Å². The summed E-state index contributed by atoms with van der Waals surface area (Å²) in [6.45, 7) is 5.82. The Morgan fingerprint density at radius 1 is 1.00 bits per heavy atom. The summed E-state index contributed by atoms with van der Waals surface area (Å²) in [5.41, 5.74) is 2.72. The zero-order valence-corrected chi connectivity index (χ0v) is 19.9. The molecule has 2 fully saturated rings. The monoisotopic (exact) mass is 471 g/mol. The van der Waals surface area contributed by atoms with Crippen molar-refractivity contribution < 1.29 is 4.74 Å². The van der Waals surface area contributed by atoms with Gasteiger partial charge in [0.2, 0.25) is 0 Å². The lowest BCUT2D eigenvalue weighted by molar-refractivity contribution is 0.109. The number of likely N-dealkylation sites (N-methyl/N-ethyl adjacent to an activating group) is 1. The average Bonchev–Trinajstić information content (AvgIpc) is 2.78. The second-order valence-electron chi connectivity index (χ2n) is 8.85. The Labute approximate surface area is 189 Å². The molecule has 2 aliphatic heterocycles. The first-order valence-corrected chi connectivity index (χ1v) is 12.0. The topological polar surface area (TPSA) is 19.0 Å². The number of halogens is 1. The fraction of sp³-hybridized carbons (Fsp3) is 0.520. The van der Waals surface area contributed by atoms with Gasteiger partial charge in [-0.1, -0.05) is 34.1 Å². The Hall–Kier alpha value is -1.56. The van der Waals surface area contributed by atoms with Crippen molar-refractivity contribution in [2.45, 2.75) is 31.7 Å². The smallest absolute Gasteiger partial charge is 0.119 e. The number of hydrogen-bond donors (Lipinski definition) is 0. The van der Waals surface area contributed by atoms with E-state index in [1.54, 1.807) is 7.11 Å². The van der Waals surface area contributed by atoms with Gasteiger partial charge >= 0.3 is 0 Å². The largest absolute Gasteiger partial charge is 0.497 e. The van der Waals surface area contributed by atoms with E-state index in [4.69, 9.17) is 4.74 Å². The van der Waals surface area contributed by atoms with Gasteiger partial charge < -0.3 is 14.5 Å². The van der Waals surface area contributed by atoms with Gasteiger partial charge in [0.1, 0.15) is 5.75 Å². The third kappa shape index (κ3) is 5.37. The number of para-hydroxylation sites is 1. The molecule has 30 heavy (non-hydrogen) atoms. The van der Waals surface area contributed by atoms with Crippen LogP contribution in [-0.4, -0.2) is 62.8 Å². The Bertz CT molecular complexity index is 807. The Balaban J connectivity index is 1.24. The molecule has 2 aromatic rings. The van der Waals surface area contributed by atoms with Gasteiger partial charge in [-0.3, -0.25) is 4.90 Å². The summed E-state index contributed by atoms with van der Waals surface area (Å²) in [5, 5.41) is 0. The normalized spacial score (nSPS) is 21.7. The third-order valence-corrected chi connectivity index (χ3v) is 7.58. The van der Waals surface area contributed by atoms with Crippen LogP contribution in [0.1, 0.15) is 24.8 Å². The van der Waals surface area contributed by atoms with Crippen molar-refractivity contribution in [3.63, 3.8) is 0 Å². The summed E-state index contributed by atoms with van der Waals surface area (Å²) in [4.78, 5) is 7.72. The summed E-state index contributed by atoms with van der Waals surface area (Å²) in [6, 6.07) is 17.8. The van der Waals surface area contributed by atoms with Crippen LogP contribution in [0.4, 0.5) is 5.69 Å². The second kappa shape index (κ2) is 10.2. The molecule has 2 aliphatic rings. The minimum Gasteiger partial charge on any atom is -0.497 e. The number of nitrogens with zero attached hydrogens (tertiary/aromatic N) is 3. The van der Waals surface area contributed by atoms with Gasteiger partial charge in [-0.05, 0) is 87.6 Å². The molecule has 0 radical (unpaired) electrons. The van der Waals surface area contributed by atoms with E-state index < -0.39 is 0 Å². The predicted octanol–water partition coefficient (Wildman–Crippen LogP) is 4.88. The molecule has 1 atom stereocenters. The molecule has 4 rings (SSSR count). The number of piperidine rings is 1. The Morgan fingerprint density at radius 3 is 2.47 bits per heavy atom. The molecule has 162 valence electrons. The molecule has 1 unspecified atom stereocenters. The maximum Gasteiger partial charge on any atom is 0.119 e. The van der Waals surface area contributed by atoms with Gasteiger partial charge in [-0.25, -0.2) is 0 Å². The second-order valence-corrected chi connectivity index (χ2v) is 9.70. The van der Waals surface area contributed by atoms with Crippen LogP contribution in [0.2, 0.25) is 0 Å². The van der Waals surface area contributed by atoms with Gasteiger partial charge in [0.05, 0.1) is 13.8 Å². The van der Waals surface area contributed by atoms with Crippen LogP contribution < -0.4 is 9.64 Å². The standard InChI is InChI=1S/C25H34BrN3O/c1-27-19-29(22-6-4-3-5-7-22)15-12-23(27)18-28-13-10-20(11-14-28)16-21-17-24(30-2)8-9-25(21)26/h3-9,17,20,23H,10-16,18-19H2,1-2H3. The first kappa shape index (κ1) is 21.7. The minimum atomic E-state index is 0.661. The molecule has 0 spiro atoms.